The van der Waals surface area contributed by atoms with Crippen molar-refractivity contribution in [1.29, 1.82) is 0 Å². The van der Waals surface area contributed by atoms with Crippen LogP contribution in [0.25, 0.3) is 0 Å². The number of halogens is 3. The summed E-state index contributed by atoms with van der Waals surface area (Å²) in [6.45, 7) is 3.84. The fourth-order valence-corrected chi connectivity index (χ4v) is 3.28. The smallest absolute Gasteiger partial charge is 0.432 e. The number of hydrogen-bond acceptors (Lipinski definition) is 7. The van der Waals surface area contributed by atoms with E-state index < -0.39 is 64.9 Å². The van der Waals surface area contributed by atoms with Crippen molar-refractivity contribution in [2.75, 3.05) is 14.2 Å². The first-order chi connectivity index (χ1) is 15.2. The predicted molar refractivity (Wildman–Crippen MR) is 108 cm³/mol. The third kappa shape index (κ3) is 5.52. The van der Waals surface area contributed by atoms with Crippen LogP contribution in [-0.4, -0.2) is 55.3 Å². The minimum Gasteiger partial charge on any atom is -0.481 e. The van der Waals surface area contributed by atoms with Gasteiger partial charge < -0.3 is 19.3 Å². The molecule has 8 nitrogen and oxygen atoms in total. The number of rotatable bonds is 11. The van der Waals surface area contributed by atoms with Crippen molar-refractivity contribution in [3.63, 3.8) is 0 Å². The van der Waals surface area contributed by atoms with Crippen molar-refractivity contribution in [1.82, 2.24) is 0 Å². The van der Waals surface area contributed by atoms with Crippen LogP contribution in [0.15, 0.2) is 30.3 Å². The lowest BCUT2D eigenvalue weighted by atomic mass is 9.78. The van der Waals surface area contributed by atoms with Gasteiger partial charge >= 0.3 is 24.1 Å². The summed E-state index contributed by atoms with van der Waals surface area (Å²) in [5.74, 6) is -6.91. The highest BCUT2D eigenvalue weighted by atomic mass is 19.4. The molecule has 0 spiro atoms. The number of esters is 2. The molecular formula is C22H27F3O8. The van der Waals surface area contributed by atoms with Crippen LogP contribution < -0.4 is 0 Å². The van der Waals surface area contributed by atoms with Crippen LogP contribution in [0.1, 0.15) is 39.2 Å². The topological polar surface area (TPSA) is 116 Å². The third-order valence-electron chi connectivity index (χ3n) is 5.71. The first-order valence-corrected chi connectivity index (χ1v) is 9.95. The minimum atomic E-state index is -5.25. The highest BCUT2D eigenvalue weighted by molar-refractivity contribution is 6.04. The van der Waals surface area contributed by atoms with Crippen LogP contribution in [0, 0.1) is 11.3 Å². The Morgan fingerprint density at radius 2 is 1.58 bits per heavy atom. The molecule has 0 fully saturated rings. The molecular weight excluding hydrogens is 449 g/mol. The Labute approximate surface area is 189 Å². The van der Waals surface area contributed by atoms with E-state index in [4.69, 9.17) is 4.74 Å². The molecule has 4 atom stereocenters. The quantitative estimate of drug-likeness (QED) is 0.382. The lowest BCUT2D eigenvalue weighted by Gasteiger charge is -2.34. The molecule has 0 radical (unpaired) electrons. The molecule has 0 aliphatic heterocycles. The Kier molecular flexibility index (Phi) is 9.17. The van der Waals surface area contributed by atoms with Gasteiger partial charge in [-0.05, 0) is 20.3 Å². The minimum absolute atomic E-state index is 0.00607. The Balaban J connectivity index is 3.28. The maximum absolute atomic E-state index is 14.0. The molecule has 1 aromatic carbocycles. The maximum atomic E-state index is 14.0. The van der Waals surface area contributed by atoms with Crippen LogP contribution in [0.3, 0.4) is 0 Å². The van der Waals surface area contributed by atoms with Crippen LogP contribution >= 0.6 is 0 Å². The highest BCUT2D eigenvalue weighted by Gasteiger charge is 2.64. The second kappa shape index (κ2) is 10.8. The second-order valence-corrected chi connectivity index (χ2v) is 7.61. The molecule has 1 N–H and O–H groups in total. The molecule has 0 saturated heterocycles. The van der Waals surface area contributed by atoms with E-state index in [2.05, 4.69) is 9.47 Å². The summed E-state index contributed by atoms with van der Waals surface area (Å²) in [5, 5.41) is 9.56. The second-order valence-electron chi connectivity index (χ2n) is 7.61. The largest absolute Gasteiger partial charge is 0.481 e. The van der Waals surface area contributed by atoms with Gasteiger partial charge in [0, 0.05) is 19.1 Å². The van der Waals surface area contributed by atoms with Crippen molar-refractivity contribution >= 4 is 23.7 Å². The SMILES string of the molecule is CC[C@@](C)(C(=O)C[C@@H](C(=O)O)[C@@H](C)OC(=O)[C@](OC)(c1ccccc1)C(F)(F)F)C(=O)OC. The molecule has 0 unspecified atom stereocenters. The highest BCUT2D eigenvalue weighted by Crippen LogP contribution is 2.43. The van der Waals surface area contributed by atoms with Gasteiger partial charge in [-0.15, -0.1) is 0 Å². The lowest BCUT2D eigenvalue weighted by Crippen LogP contribution is -2.53. The summed E-state index contributed by atoms with van der Waals surface area (Å²) in [5.41, 5.74) is -5.75. The van der Waals surface area contributed by atoms with Crippen molar-refractivity contribution in [2.45, 2.75) is 51.5 Å². The van der Waals surface area contributed by atoms with Crippen molar-refractivity contribution < 1.29 is 51.7 Å². The standard InChI is InChI=1S/C22H27F3O8/c1-6-20(3,18(29)31-4)16(26)12-15(17(27)28)13(2)33-19(30)21(32-5,22(23,24)25)14-10-8-7-9-11-14/h7-11,13,15H,6,12H2,1-5H3,(H,27,28)/t13-,15-,20+,21-/m1/s1. The first kappa shape index (κ1) is 28.1. The van der Waals surface area contributed by atoms with Crippen LogP contribution in [0.4, 0.5) is 13.2 Å². The average Bonchev–Trinajstić information content (AvgIpc) is 2.76. The zero-order valence-corrected chi connectivity index (χ0v) is 18.9. The van der Waals surface area contributed by atoms with Gasteiger partial charge in [-0.25, -0.2) is 4.79 Å². The van der Waals surface area contributed by atoms with Gasteiger partial charge in [-0.2, -0.15) is 13.2 Å². The third-order valence-corrected chi connectivity index (χ3v) is 5.71. The number of carbonyl (C=O) groups excluding carboxylic acids is 3. The van der Waals surface area contributed by atoms with E-state index in [0.29, 0.717) is 7.11 Å². The number of ether oxygens (including phenoxy) is 3. The average molecular weight is 476 g/mol. The normalized spacial score (nSPS) is 17.1. The Hall–Kier alpha value is -2.95. The number of carboxylic acid groups (broad SMARTS) is 1. The van der Waals surface area contributed by atoms with E-state index in [1.807, 2.05) is 0 Å². The summed E-state index contributed by atoms with van der Waals surface area (Å²) in [6, 6.07) is 6.01. The fourth-order valence-electron chi connectivity index (χ4n) is 3.28. The number of carbonyl (C=O) groups is 4. The van der Waals surface area contributed by atoms with E-state index in [0.717, 1.165) is 26.2 Å². The summed E-state index contributed by atoms with van der Waals surface area (Å²) >= 11 is 0. The summed E-state index contributed by atoms with van der Waals surface area (Å²) in [6.07, 6.45) is -7.70. The zero-order valence-electron chi connectivity index (χ0n) is 18.9. The molecule has 1 aromatic rings. The monoisotopic (exact) mass is 476 g/mol. The number of Topliss-reactive ketones (excluding diaryl/α,β-unsaturated/α-hetero) is 1. The van der Waals surface area contributed by atoms with Gasteiger partial charge in [0.25, 0.3) is 5.60 Å². The van der Waals surface area contributed by atoms with Gasteiger partial charge in [0.2, 0.25) is 0 Å². The Bertz CT molecular complexity index is 870. The zero-order chi connectivity index (χ0) is 25.6. The molecule has 0 aromatic heterocycles. The Morgan fingerprint density at radius 1 is 1.03 bits per heavy atom. The van der Waals surface area contributed by atoms with E-state index in [-0.39, 0.29) is 6.42 Å². The van der Waals surface area contributed by atoms with Gasteiger partial charge in [0.1, 0.15) is 17.4 Å². The summed E-state index contributed by atoms with van der Waals surface area (Å²) in [7, 11) is 1.74. The Morgan fingerprint density at radius 3 is 1.97 bits per heavy atom. The number of benzene rings is 1. The van der Waals surface area contributed by atoms with E-state index in [1.54, 1.807) is 0 Å². The van der Waals surface area contributed by atoms with E-state index >= 15 is 0 Å². The van der Waals surface area contributed by atoms with Gasteiger partial charge in [-0.1, -0.05) is 37.3 Å². The summed E-state index contributed by atoms with van der Waals surface area (Å²) in [4.78, 5) is 49.3. The number of aliphatic carboxylic acids is 1. The van der Waals surface area contributed by atoms with Crippen LogP contribution in [0.2, 0.25) is 0 Å². The molecule has 0 heterocycles. The number of carboxylic acids is 1. The number of alkyl halides is 3. The van der Waals surface area contributed by atoms with E-state index in [1.165, 1.54) is 32.0 Å². The molecule has 33 heavy (non-hydrogen) atoms. The lowest BCUT2D eigenvalue weighted by molar-refractivity contribution is -0.278. The van der Waals surface area contributed by atoms with E-state index in [9.17, 15) is 37.5 Å². The molecule has 1 rings (SSSR count). The molecule has 0 bridgehead atoms. The number of methoxy groups -OCH3 is 2. The molecule has 0 aliphatic carbocycles. The van der Waals surface area contributed by atoms with Crippen LogP contribution in [-0.2, 0) is 39.0 Å². The fraction of sp³-hybridized carbons (Fsp3) is 0.545. The van der Waals surface area contributed by atoms with Gasteiger partial charge in [-0.3, -0.25) is 14.4 Å². The van der Waals surface area contributed by atoms with Crippen molar-refractivity contribution in [3.8, 4) is 0 Å². The van der Waals surface area contributed by atoms with Crippen molar-refractivity contribution in [2.24, 2.45) is 11.3 Å². The molecule has 0 amide bonds. The van der Waals surface area contributed by atoms with Crippen molar-refractivity contribution in [3.05, 3.63) is 35.9 Å². The van der Waals surface area contributed by atoms with Gasteiger partial charge in [0.15, 0.2) is 5.78 Å². The maximum Gasteiger partial charge on any atom is 0.432 e. The number of ketones is 1. The molecule has 0 aliphatic rings. The van der Waals surface area contributed by atoms with Gasteiger partial charge in [0.05, 0.1) is 7.11 Å². The number of hydrogen-bond donors (Lipinski definition) is 1. The van der Waals surface area contributed by atoms with Crippen LogP contribution in [0.5, 0.6) is 0 Å². The summed E-state index contributed by atoms with van der Waals surface area (Å²) < 4.78 is 56.2. The predicted octanol–water partition coefficient (Wildman–Crippen LogP) is 3.27. The molecule has 0 saturated carbocycles. The molecule has 11 heteroatoms. The first-order valence-electron chi connectivity index (χ1n) is 9.95. The molecule has 184 valence electrons.